The largest absolute Gasteiger partial charge is 0.461 e. The minimum Gasteiger partial charge on any atom is -0.461 e. The molecule has 1 fully saturated rings. The van der Waals surface area contributed by atoms with E-state index < -0.39 is 18.9 Å². The third-order valence-corrected chi connectivity index (χ3v) is 4.64. The summed E-state index contributed by atoms with van der Waals surface area (Å²) in [5.74, 6) is -0.0925. The molecule has 0 spiro atoms. The molecule has 0 saturated heterocycles. The number of ether oxygens (including phenoxy) is 1. The van der Waals surface area contributed by atoms with Crippen molar-refractivity contribution < 1.29 is 18.6 Å². The molecule has 20 heavy (non-hydrogen) atoms. The molecule has 0 amide bonds. The highest BCUT2D eigenvalue weighted by Gasteiger charge is 2.30. The van der Waals surface area contributed by atoms with Crippen LogP contribution in [0.5, 0.6) is 5.75 Å². The van der Waals surface area contributed by atoms with Gasteiger partial charge in [0, 0.05) is 11.2 Å². The number of benzene rings is 1. The zero-order valence-electron chi connectivity index (χ0n) is 11.1. The van der Waals surface area contributed by atoms with Gasteiger partial charge in [0.15, 0.2) is 0 Å². The Morgan fingerprint density at radius 3 is 2.60 bits per heavy atom. The summed E-state index contributed by atoms with van der Waals surface area (Å²) >= 11 is 5.81. The molecule has 0 aliphatic heterocycles. The first-order valence-electron chi connectivity index (χ1n) is 6.49. The van der Waals surface area contributed by atoms with Crippen LogP contribution in [0.3, 0.4) is 0 Å². The van der Waals surface area contributed by atoms with Crippen molar-refractivity contribution in [2.24, 2.45) is 0 Å². The zero-order chi connectivity index (χ0) is 14.6. The molecule has 1 unspecified atom stereocenters. The minimum atomic E-state index is -3.64. The molecule has 1 aliphatic carbocycles. The highest BCUT2D eigenvalue weighted by atomic mass is 35.7. The Morgan fingerprint density at radius 1 is 1.40 bits per heavy atom. The molecular weight excluding hydrogens is 301 g/mol. The Kier molecular flexibility index (Phi) is 5.08. The Balaban J connectivity index is 1.86. The van der Waals surface area contributed by atoms with Crippen molar-refractivity contribution in [3.8, 4) is 5.75 Å². The minimum absolute atomic E-state index is 0.0171. The molecule has 0 radical (unpaired) electrons. The van der Waals surface area contributed by atoms with Gasteiger partial charge in [-0.1, -0.05) is 18.2 Å². The van der Waals surface area contributed by atoms with Crippen LogP contribution in [0.4, 0.5) is 0 Å². The van der Waals surface area contributed by atoms with Crippen molar-refractivity contribution in [1.29, 1.82) is 0 Å². The maximum Gasteiger partial charge on any atom is 0.409 e. The summed E-state index contributed by atoms with van der Waals surface area (Å²) in [6, 6.07) is 7.75. The molecular formula is C13H17ClNO4P. The molecule has 1 aliphatic rings. The van der Waals surface area contributed by atoms with Gasteiger partial charge in [0.25, 0.3) is 0 Å². The zero-order valence-corrected chi connectivity index (χ0v) is 12.8. The van der Waals surface area contributed by atoms with E-state index in [1.807, 2.05) is 0 Å². The molecule has 7 heteroatoms. The monoisotopic (exact) mass is 317 g/mol. The molecule has 2 rings (SSSR count). The molecule has 1 aromatic carbocycles. The SMILES string of the molecule is C[C@H](NP(=O)(Cl)Oc1ccccc1)C(=O)OC1CCC1. The van der Waals surface area contributed by atoms with E-state index in [4.69, 9.17) is 20.5 Å². The third-order valence-electron chi connectivity index (χ3n) is 3.00. The van der Waals surface area contributed by atoms with Crippen LogP contribution in [0.2, 0.25) is 0 Å². The number of hydrogen-bond donors (Lipinski definition) is 1. The number of carbonyl (C=O) groups excluding carboxylic acids is 1. The van der Waals surface area contributed by atoms with Gasteiger partial charge >= 0.3 is 12.8 Å². The van der Waals surface area contributed by atoms with Gasteiger partial charge in [-0.05, 0) is 38.3 Å². The lowest BCUT2D eigenvalue weighted by Gasteiger charge is -2.27. The summed E-state index contributed by atoms with van der Waals surface area (Å²) in [4.78, 5) is 11.8. The van der Waals surface area contributed by atoms with Crippen molar-refractivity contribution in [3.05, 3.63) is 30.3 Å². The fraction of sp³-hybridized carbons (Fsp3) is 0.462. The lowest BCUT2D eigenvalue weighted by atomic mass is 9.96. The summed E-state index contributed by atoms with van der Waals surface area (Å²) < 4.78 is 22.5. The van der Waals surface area contributed by atoms with Crippen LogP contribution in [-0.4, -0.2) is 18.1 Å². The highest BCUT2D eigenvalue weighted by Crippen LogP contribution is 2.48. The van der Waals surface area contributed by atoms with Crippen LogP contribution < -0.4 is 9.61 Å². The van der Waals surface area contributed by atoms with E-state index in [1.54, 1.807) is 37.3 Å². The standard InChI is InChI=1S/C13H17ClNO4P/c1-10(13(16)18-11-8-5-9-11)15-20(14,17)19-12-6-3-2-4-7-12/h2-4,6-7,10-11H,5,8-9H2,1H3,(H,15,17)/t10-,20?/m0/s1. The van der Waals surface area contributed by atoms with Crippen LogP contribution >= 0.6 is 18.1 Å². The van der Waals surface area contributed by atoms with Crippen molar-refractivity contribution in [2.75, 3.05) is 0 Å². The molecule has 110 valence electrons. The lowest BCUT2D eigenvalue weighted by Crippen LogP contribution is -2.37. The highest BCUT2D eigenvalue weighted by molar-refractivity contribution is 7.84. The molecule has 2 atom stereocenters. The van der Waals surface area contributed by atoms with E-state index in [0.717, 1.165) is 19.3 Å². The molecule has 0 aromatic heterocycles. The number of hydrogen-bond acceptors (Lipinski definition) is 4. The van der Waals surface area contributed by atoms with E-state index in [1.165, 1.54) is 0 Å². The Hall–Kier alpha value is -1.03. The fourth-order valence-electron chi connectivity index (χ4n) is 1.68. The molecule has 5 nitrogen and oxygen atoms in total. The third kappa shape index (κ3) is 4.51. The van der Waals surface area contributed by atoms with Gasteiger partial charge in [-0.15, -0.1) is 0 Å². The van der Waals surface area contributed by atoms with Crippen LogP contribution in [-0.2, 0) is 14.1 Å². The average molecular weight is 318 g/mol. The second-order valence-corrected chi connectivity index (χ2v) is 7.46. The van der Waals surface area contributed by atoms with Gasteiger partial charge in [0.2, 0.25) is 0 Å². The summed E-state index contributed by atoms with van der Waals surface area (Å²) in [6.07, 6.45) is 2.83. The topological polar surface area (TPSA) is 64.6 Å². The Morgan fingerprint density at radius 2 is 2.05 bits per heavy atom. The summed E-state index contributed by atoms with van der Waals surface area (Å²) in [5.41, 5.74) is 0. The molecule has 1 N–H and O–H groups in total. The second-order valence-electron chi connectivity index (χ2n) is 4.72. The van der Waals surface area contributed by atoms with Crippen molar-refractivity contribution in [1.82, 2.24) is 5.09 Å². The first-order valence-corrected chi connectivity index (χ1v) is 9.02. The summed E-state index contributed by atoms with van der Waals surface area (Å²) in [6.45, 7) is -2.09. The maximum atomic E-state index is 12.1. The van der Waals surface area contributed by atoms with E-state index >= 15 is 0 Å². The Bertz CT molecular complexity index is 506. The van der Waals surface area contributed by atoms with Crippen molar-refractivity contribution >= 4 is 24.1 Å². The van der Waals surface area contributed by atoms with Gasteiger partial charge in [-0.2, -0.15) is 0 Å². The van der Waals surface area contributed by atoms with Crippen LogP contribution in [0, 0.1) is 0 Å². The quantitative estimate of drug-likeness (QED) is 0.642. The van der Waals surface area contributed by atoms with Gasteiger partial charge in [0.05, 0.1) is 0 Å². The number of halogens is 1. The number of nitrogens with one attached hydrogen (secondary N) is 1. The van der Waals surface area contributed by atoms with Crippen molar-refractivity contribution in [3.63, 3.8) is 0 Å². The van der Waals surface area contributed by atoms with Gasteiger partial charge in [-0.25, -0.2) is 9.65 Å². The first-order chi connectivity index (χ1) is 9.46. The Labute approximate surface area is 122 Å². The normalized spacial score (nSPS) is 19.5. The van der Waals surface area contributed by atoms with Crippen LogP contribution in [0.25, 0.3) is 0 Å². The summed E-state index contributed by atoms with van der Waals surface area (Å²) in [7, 11) is 0. The van der Waals surface area contributed by atoms with E-state index in [9.17, 15) is 9.36 Å². The number of carbonyl (C=O) groups is 1. The van der Waals surface area contributed by atoms with E-state index in [-0.39, 0.29) is 6.10 Å². The van der Waals surface area contributed by atoms with Gasteiger partial charge in [-0.3, -0.25) is 4.79 Å². The van der Waals surface area contributed by atoms with Gasteiger partial charge in [0.1, 0.15) is 17.9 Å². The smallest absolute Gasteiger partial charge is 0.409 e. The number of rotatable bonds is 6. The summed E-state index contributed by atoms with van der Waals surface area (Å²) in [5, 5.41) is 2.48. The fourth-order valence-corrected chi connectivity index (χ4v) is 3.37. The molecule has 0 bridgehead atoms. The van der Waals surface area contributed by atoms with E-state index in [2.05, 4.69) is 5.09 Å². The average Bonchev–Trinajstić information content (AvgIpc) is 2.33. The second kappa shape index (κ2) is 6.61. The number of para-hydroxylation sites is 1. The first kappa shape index (κ1) is 15.4. The maximum absolute atomic E-state index is 12.1. The lowest BCUT2D eigenvalue weighted by molar-refractivity contribution is -0.154. The predicted octanol–water partition coefficient (Wildman–Crippen LogP) is 3.49. The van der Waals surface area contributed by atoms with E-state index in [0.29, 0.717) is 5.75 Å². The van der Waals surface area contributed by atoms with Crippen molar-refractivity contribution in [2.45, 2.75) is 38.3 Å². The number of esters is 1. The molecule has 1 aromatic rings. The predicted molar refractivity (Wildman–Crippen MR) is 76.9 cm³/mol. The van der Waals surface area contributed by atoms with Crippen LogP contribution in [0.15, 0.2) is 30.3 Å². The molecule has 1 saturated carbocycles. The molecule has 0 heterocycles. The van der Waals surface area contributed by atoms with Crippen LogP contribution in [0.1, 0.15) is 26.2 Å². The van der Waals surface area contributed by atoms with Gasteiger partial charge < -0.3 is 9.26 Å².